The topological polar surface area (TPSA) is 75.3 Å². The summed E-state index contributed by atoms with van der Waals surface area (Å²) >= 11 is 0. The predicted molar refractivity (Wildman–Crippen MR) is 161 cm³/mol. The van der Waals surface area contributed by atoms with Crippen LogP contribution in [0.2, 0.25) is 0 Å². The Morgan fingerprint density at radius 1 is 0.675 bits per heavy atom. The third-order valence-electron chi connectivity index (χ3n) is 6.60. The Morgan fingerprint density at radius 3 is 2.12 bits per heavy atom. The van der Waals surface area contributed by atoms with E-state index in [2.05, 4.69) is 10.6 Å². The standard InChI is InChI=1S/C35H28N2O3/c38-24-32(21-26-11-5-2-6-12-26)37-35(40)33-20-19-31(23-29(33)16-15-25-9-3-1-4-10-25)36-34(39)30-18-17-27-13-7-8-14-28(27)22-30/h1-20,22-24,32H,21H2,(H,36,39)(H,37,40)/b16-15+/t32-/m0/s1. The first-order valence-corrected chi connectivity index (χ1v) is 13.1. The number of rotatable bonds is 9. The van der Waals surface area contributed by atoms with Crippen LogP contribution in [-0.2, 0) is 11.2 Å². The summed E-state index contributed by atoms with van der Waals surface area (Å²) in [6.07, 6.45) is 4.89. The van der Waals surface area contributed by atoms with Crippen molar-refractivity contribution < 1.29 is 14.4 Å². The number of fused-ring (bicyclic) bond motifs is 1. The smallest absolute Gasteiger partial charge is 0.255 e. The van der Waals surface area contributed by atoms with Crippen molar-refractivity contribution in [2.75, 3.05) is 5.32 Å². The second-order valence-electron chi connectivity index (χ2n) is 9.47. The molecule has 2 N–H and O–H groups in total. The molecule has 0 saturated heterocycles. The van der Waals surface area contributed by atoms with Gasteiger partial charge in [-0.15, -0.1) is 0 Å². The molecule has 0 unspecified atom stereocenters. The molecule has 0 heterocycles. The minimum absolute atomic E-state index is 0.246. The average Bonchev–Trinajstić information content (AvgIpc) is 3.00. The fourth-order valence-corrected chi connectivity index (χ4v) is 4.52. The van der Waals surface area contributed by atoms with Gasteiger partial charge in [0.05, 0.1) is 6.04 Å². The third kappa shape index (κ3) is 6.58. The number of hydrogen-bond acceptors (Lipinski definition) is 3. The van der Waals surface area contributed by atoms with E-state index < -0.39 is 6.04 Å². The van der Waals surface area contributed by atoms with Gasteiger partial charge in [-0.3, -0.25) is 9.59 Å². The van der Waals surface area contributed by atoms with Gasteiger partial charge in [0, 0.05) is 16.8 Å². The molecule has 0 aliphatic rings. The lowest BCUT2D eigenvalue weighted by Gasteiger charge is -2.15. The molecule has 0 aliphatic carbocycles. The quantitative estimate of drug-likeness (QED) is 0.164. The van der Waals surface area contributed by atoms with Gasteiger partial charge in [-0.2, -0.15) is 0 Å². The zero-order chi connectivity index (χ0) is 27.7. The van der Waals surface area contributed by atoms with E-state index in [1.54, 1.807) is 24.3 Å². The summed E-state index contributed by atoms with van der Waals surface area (Å²) in [6.45, 7) is 0. The fourth-order valence-electron chi connectivity index (χ4n) is 4.52. The van der Waals surface area contributed by atoms with Crippen molar-refractivity contribution in [3.05, 3.63) is 149 Å². The lowest BCUT2D eigenvalue weighted by atomic mass is 10.0. The Labute approximate surface area is 233 Å². The monoisotopic (exact) mass is 524 g/mol. The SMILES string of the molecule is O=C[C@H](Cc1ccccc1)NC(=O)c1ccc(NC(=O)c2ccc3ccccc3c2)cc1/C=C/c1ccccc1. The van der Waals surface area contributed by atoms with E-state index >= 15 is 0 Å². The van der Waals surface area contributed by atoms with Crippen molar-refractivity contribution in [2.24, 2.45) is 0 Å². The third-order valence-corrected chi connectivity index (χ3v) is 6.60. The first-order chi connectivity index (χ1) is 19.6. The second-order valence-corrected chi connectivity index (χ2v) is 9.47. The maximum Gasteiger partial charge on any atom is 0.255 e. The van der Waals surface area contributed by atoms with E-state index in [0.717, 1.165) is 28.2 Å². The van der Waals surface area contributed by atoms with Crippen molar-refractivity contribution in [3.8, 4) is 0 Å². The molecule has 0 aliphatic heterocycles. The van der Waals surface area contributed by atoms with Gasteiger partial charge in [-0.05, 0) is 64.2 Å². The van der Waals surface area contributed by atoms with E-state index in [1.807, 2.05) is 109 Å². The van der Waals surface area contributed by atoms with Crippen LogP contribution in [0.5, 0.6) is 0 Å². The molecule has 0 aromatic heterocycles. The van der Waals surface area contributed by atoms with Crippen LogP contribution >= 0.6 is 0 Å². The molecule has 5 aromatic rings. The maximum absolute atomic E-state index is 13.3. The van der Waals surface area contributed by atoms with Crippen molar-refractivity contribution in [2.45, 2.75) is 12.5 Å². The van der Waals surface area contributed by atoms with Crippen LogP contribution in [0.3, 0.4) is 0 Å². The van der Waals surface area contributed by atoms with E-state index in [1.165, 1.54) is 0 Å². The molecule has 40 heavy (non-hydrogen) atoms. The first kappa shape index (κ1) is 26.3. The molecule has 0 bridgehead atoms. The number of nitrogens with one attached hydrogen (secondary N) is 2. The van der Waals surface area contributed by atoms with E-state index in [9.17, 15) is 14.4 Å². The molecule has 0 fully saturated rings. The normalized spacial score (nSPS) is 11.7. The lowest BCUT2D eigenvalue weighted by Crippen LogP contribution is -2.37. The molecule has 5 heteroatoms. The molecule has 196 valence electrons. The van der Waals surface area contributed by atoms with Crippen molar-refractivity contribution >= 4 is 46.7 Å². The molecule has 1 atom stereocenters. The first-order valence-electron chi connectivity index (χ1n) is 13.1. The summed E-state index contributed by atoms with van der Waals surface area (Å²) in [5.74, 6) is -0.613. The van der Waals surface area contributed by atoms with Gasteiger partial charge in [0.1, 0.15) is 6.29 Å². The number of hydrogen-bond donors (Lipinski definition) is 2. The van der Waals surface area contributed by atoms with Crippen molar-refractivity contribution in [1.82, 2.24) is 5.32 Å². The molecule has 5 rings (SSSR count). The number of carbonyl (C=O) groups is 3. The summed E-state index contributed by atoms with van der Waals surface area (Å²) in [4.78, 5) is 38.2. The molecule has 0 saturated carbocycles. The zero-order valence-corrected chi connectivity index (χ0v) is 21.8. The molecule has 5 aromatic carbocycles. The number of benzene rings is 5. The van der Waals surface area contributed by atoms with Crippen molar-refractivity contribution in [3.63, 3.8) is 0 Å². The van der Waals surface area contributed by atoms with E-state index in [-0.39, 0.29) is 11.8 Å². The average molecular weight is 525 g/mol. The van der Waals surface area contributed by atoms with Crippen molar-refractivity contribution in [1.29, 1.82) is 0 Å². The van der Waals surface area contributed by atoms with Crippen LogP contribution in [0.1, 0.15) is 37.4 Å². The van der Waals surface area contributed by atoms with E-state index in [4.69, 9.17) is 0 Å². The summed E-state index contributed by atoms with van der Waals surface area (Å²) in [6, 6.07) is 37.2. The molecule has 5 nitrogen and oxygen atoms in total. The largest absolute Gasteiger partial charge is 0.342 e. The second kappa shape index (κ2) is 12.5. The van der Waals surface area contributed by atoms with Crippen LogP contribution in [-0.4, -0.2) is 24.1 Å². The Morgan fingerprint density at radius 2 is 1.38 bits per heavy atom. The van der Waals surface area contributed by atoms with Gasteiger partial charge in [0.25, 0.3) is 11.8 Å². The van der Waals surface area contributed by atoms with Gasteiger partial charge in [-0.1, -0.05) is 103 Å². The summed E-state index contributed by atoms with van der Waals surface area (Å²) in [7, 11) is 0. The highest BCUT2D eigenvalue weighted by Crippen LogP contribution is 2.22. The maximum atomic E-state index is 13.3. The summed E-state index contributed by atoms with van der Waals surface area (Å²) in [5, 5.41) is 7.84. The van der Waals surface area contributed by atoms with Gasteiger partial charge in [0.2, 0.25) is 0 Å². The van der Waals surface area contributed by atoms with Crippen LogP contribution in [0.15, 0.2) is 121 Å². The van der Waals surface area contributed by atoms with Gasteiger partial charge >= 0.3 is 0 Å². The minimum atomic E-state index is -0.673. The zero-order valence-electron chi connectivity index (χ0n) is 21.8. The van der Waals surface area contributed by atoms with Crippen LogP contribution in [0.25, 0.3) is 22.9 Å². The Hall–Kier alpha value is -5.29. The summed E-state index contributed by atoms with van der Waals surface area (Å²) in [5.41, 5.74) is 4.03. The molecular weight excluding hydrogens is 496 g/mol. The highest BCUT2D eigenvalue weighted by Gasteiger charge is 2.17. The van der Waals surface area contributed by atoms with Crippen LogP contribution in [0, 0.1) is 0 Å². The van der Waals surface area contributed by atoms with E-state index in [0.29, 0.717) is 28.8 Å². The highest BCUT2D eigenvalue weighted by atomic mass is 16.2. The van der Waals surface area contributed by atoms with Gasteiger partial charge in [-0.25, -0.2) is 0 Å². The lowest BCUT2D eigenvalue weighted by molar-refractivity contribution is -0.109. The minimum Gasteiger partial charge on any atom is -0.342 e. The number of aldehydes is 1. The molecular formula is C35H28N2O3. The summed E-state index contributed by atoms with van der Waals surface area (Å²) < 4.78 is 0. The van der Waals surface area contributed by atoms with Crippen LogP contribution in [0.4, 0.5) is 5.69 Å². The molecule has 2 amide bonds. The van der Waals surface area contributed by atoms with Crippen LogP contribution < -0.4 is 10.6 Å². The Balaban J connectivity index is 1.40. The van der Waals surface area contributed by atoms with Gasteiger partial charge in [0.15, 0.2) is 0 Å². The predicted octanol–water partition coefficient (Wildman–Crippen LogP) is 6.80. The highest BCUT2D eigenvalue weighted by molar-refractivity contribution is 6.07. The molecule has 0 radical (unpaired) electrons. The Kier molecular flexibility index (Phi) is 8.23. The number of amides is 2. The van der Waals surface area contributed by atoms with Gasteiger partial charge < -0.3 is 15.4 Å². The Bertz CT molecular complexity index is 1680. The molecule has 0 spiro atoms. The number of anilines is 1. The fraction of sp³-hybridized carbons (Fsp3) is 0.0571. The number of carbonyl (C=O) groups excluding carboxylic acids is 3.